The molecule has 29 heavy (non-hydrogen) atoms. The monoisotopic (exact) mass is 410 g/mol. The van der Waals surface area contributed by atoms with Gasteiger partial charge in [-0.2, -0.15) is 0 Å². The smallest absolute Gasteiger partial charge is 0.307 e. The third-order valence-corrected chi connectivity index (χ3v) is 6.87. The molecule has 3 aromatic rings. The predicted molar refractivity (Wildman–Crippen MR) is 115 cm³/mol. The number of ether oxygens (including phenoxy) is 1. The highest BCUT2D eigenvalue weighted by Crippen LogP contribution is 2.36. The molecule has 6 heteroatoms. The Morgan fingerprint density at radius 2 is 2.07 bits per heavy atom. The van der Waals surface area contributed by atoms with Gasteiger partial charge in [-0.05, 0) is 49.1 Å². The van der Waals surface area contributed by atoms with E-state index >= 15 is 0 Å². The molecule has 0 saturated heterocycles. The summed E-state index contributed by atoms with van der Waals surface area (Å²) in [7, 11) is 0. The average Bonchev–Trinajstić information content (AvgIpc) is 3.06. The fraction of sp³-hybridized carbons (Fsp3) is 0.435. The van der Waals surface area contributed by atoms with Crippen LogP contribution in [0.1, 0.15) is 67.5 Å². The lowest BCUT2D eigenvalue weighted by molar-refractivity contribution is -0.149. The van der Waals surface area contributed by atoms with Crippen molar-refractivity contribution in [2.75, 3.05) is 0 Å². The Hall–Kier alpha value is -2.47. The van der Waals surface area contributed by atoms with Crippen molar-refractivity contribution in [3.05, 3.63) is 62.5 Å². The maximum atomic E-state index is 12.7. The third-order valence-electron chi connectivity index (χ3n) is 5.72. The zero-order valence-corrected chi connectivity index (χ0v) is 17.8. The third kappa shape index (κ3) is 4.13. The Balaban J connectivity index is 1.50. The fourth-order valence-corrected chi connectivity index (χ4v) is 5.40. The van der Waals surface area contributed by atoms with Crippen LogP contribution in [0.4, 0.5) is 0 Å². The molecule has 1 N–H and O–H groups in total. The summed E-state index contributed by atoms with van der Waals surface area (Å²) in [6.07, 6.45) is 2.73. The maximum absolute atomic E-state index is 12.7. The molecule has 1 aliphatic rings. The Kier molecular flexibility index (Phi) is 5.54. The number of fused-ring (bicyclic) bond motifs is 3. The standard InChI is InChI=1S/C23H26N2O3S/c1-13-9-10-17-18(11-13)29-23-20(17)22(27)24-21(25-23)15(3)28-19(26)12-14(2)16-7-5-4-6-8-16/h4-8,13-15H,9-12H2,1-3H3,(H,24,25,27)/t13-,14-,15-/m1/s1. The largest absolute Gasteiger partial charge is 0.454 e. The molecule has 152 valence electrons. The van der Waals surface area contributed by atoms with Crippen molar-refractivity contribution in [2.45, 2.75) is 58.5 Å². The molecule has 4 rings (SSSR count). The van der Waals surface area contributed by atoms with Crippen LogP contribution in [0.3, 0.4) is 0 Å². The minimum atomic E-state index is -0.597. The molecule has 1 aliphatic carbocycles. The van der Waals surface area contributed by atoms with E-state index < -0.39 is 6.10 Å². The molecule has 0 bridgehead atoms. The quantitative estimate of drug-likeness (QED) is 0.607. The molecular formula is C23H26N2O3S. The molecule has 0 saturated carbocycles. The van der Waals surface area contributed by atoms with E-state index in [1.54, 1.807) is 18.3 Å². The molecule has 0 spiro atoms. The van der Waals surface area contributed by atoms with Gasteiger partial charge < -0.3 is 9.72 Å². The molecule has 0 unspecified atom stereocenters. The summed E-state index contributed by atoms with van der Waals surface area (Å²) >= 11 is 1.60. The first-order chi connectivity index (χ1) is 13.9. The first-order valence-corrected chi connectivity index (χ1v) is 11.0. The highest BCUT2D eigenvalue weighted by molar-refractivity contribution is 7.18. The van der Waals surface area contributed by atoms with Gasteiger partial charge in [0.25, 0.3) is 5.56 Å². The van der Waals surface area contributed by atoms with Crippen LogP contribution in [0.2, 0.25) is 0 Å². The Morgan fingerprint density at radius 1 is 1.31 bits per heavy atom. The van der Waals surface area contributed by atoms with E-state index in [4.69, 9.17) is 4.74 Å². The van der Waals surface area contributed by atoms with Crippen molar-refractivity contribution in [1.29, 1.82) is 0 Å². The van der Waals surface area contributed by atoms with Crippen molar-refractivity contribution in [2.24, 2.45) is 5.92 Å². The summed E-state index contributed by atoms with van der Waals surface area (Å²) in [6.45, 7) is 6.00. The SMILES string of the molecule is C[C@@H]1CCc2c(sc3nc([C@@H](C)OC(=O)C[C@@H](C)c4ccccc4)[nH]c(=O)c23)C1. The highest BCUT2D eigenvalue weighted by atomic mass is 32.1. The number of thiophene rings is 1. The summed E-state index contributed by atoms with van der Waals surface area (Å²) in [6, 6.07) is 9.90. The minimum Gasteiger partial charge on any atom is -0.454 e. The number of benzene rings is 1. The van der Waals surface area contributed by atoms with Crippen molar-refractivity contribution in [1.82, 2.24) is 9.97 Å². The molecule has 3 atom stereocenters. The normalized spacial score (nSPS) is 18.2. The van der Waals surface area contributed by atoms with Crippen LogP contribution in [0.25, 0.3) is 10.2 Å². The molecule has 1 aromatic carbocycles. The highest BCUT2D eigenvalue weighted by Gasteiger charge is 2.24. The topological polar surface area (TPSA) is 72.0 Å². The predicted octanol–water partition coefficient (Wildman–Crippen LogP) is 4.91. The minimum absolute atomic E-state index is 0.0661. The first kappa shape index (κ1) is 19.8. The summed E-state index contributed by atoms with van der Waals surface area (Å²) in [4.78, 5) is 34.7. The Morgan fingerprint density at radius 3 is 2.83 bits per heavy atom. The van der Waals surface area contributed by atoms with Gasteiger partial charge in [-0.15, -0.1) is 11.3 Å². The van der Waals surface area contributed by atoms with Crippen molar-refractivity contribution < 1.29 is 9.53 Å². The van der Waals surface area contributed by atoms with E-state index in [0.717, 1.165) is 40.6 Å². The molecule has 0 radical (unpaired) electrons. The van der Waals surface area contributed by atoms with Gasteiger partial charge in [0, 0.05) is 4.88 Å². The molecule has 0 aliphatic heterocycles. The van der Waals surface area contributed by atoms with E-state index in [1.807, 2.05) is 37.3 Å². The van der Waals surface area contributed by atoms with Gasteiger partial charge in [0.1, 0.15) is 4.83 Å². The van der Waals surface area contributed by atoms with Crippen LogP contribution < -0.4 is 5.56 Å². The zero-order chi connectivity index (χ0) is 20.5. The number of nitrogens with zero attached hydrogens (tertiary/aromatic N) is 1. The number of carbonyl (C=O) groups excluding carboxylic acids is 1. The summed E-state index contributed by atoms with van der Waals surface area (Å²) in [5.74, 6) is 0.822. The van der Waals surface area contributed by atoms with Gasteiger partial charge in [-0.1, -0.05) is 44.2 Å². The van der Waals surface area contributed by atoms with Crippen molar-refractivity contribution >= 4 is 27.5 Å². The van der Waals surface area contributed by atoms with Crippen LogP contribution in [-0.2, 0) is 22.4 Å². The number of rotatable bonds is 5. The molecule has 0 fully saturated rings. The molecule has 5 nitrogen and oxygen atoms in total. The van der Waals surface area contributed by atoms with Crippen molar-refractivity contribution in [3.8, 4) is 0 Å². The van der Waals surface area contributed by atoms with Gasteiger partial charge in [0.2, 0.25) is 0 Å². The van der Waals surface area contributed by atoms with Crippen LogP contribution in [0, 0.1) is 5.92 Å². The number of esters is 1. The average molecular weight is 411 g/mol. The number of aromatic amines is 1. The maximum Gasteiger partial charge on any atom is 0.307 e. The lowest BCUT2D eigenvalue weighted by Gasteiger charge is -2.17. The lowest BCUT2D eigenvalue weighted by atomic mass is 9.89. The van der Waals surface area contributed by atoms with E-state index in [0.29, 0.717) is 11.7 Å². The lowest BCUT2D eigenvalue weighted by Crippen LogP contribution is -2.18. The second-order valence-electron chi connectivity index (χ2n) is 8.13. The van der Waals surface area contributed by atoms with Crippen LogP contribution >= 0.6 is 11.3 Å². The molecule has 2 aromatic heterocycles. The van der Waals surface area contributed by atoms with Crippen LogP contribution in [0.5, 0.6) is 0 Å². The second-order valence-corrected chi connectivity index (χ2v) is 9.21. The Labute approximate surface area is 174 Å². The summed E-state index contributed by atoms with van der Waals surface area (Å²) in [5, 5.41) is 0.719. The Bertz CT molecular complexity index is 1090. The van der Waals surface area contributed by atoms with Gasteiger partial charge in [0.05, 0.1) is 11.8 Å². The number of aromatic nitrogens is 2. The second kappa shape index (κ2) is 8.11. The number of hydrogen-bond acceptors (Lipinski definition) is 5. The zero-order valence-electron chi connectivity index (χ0n) is 17.0. The van der Waals surface area contributed by atoms with Crippen molar-refractivity contribution in [3.63, 3.8) is 0 Å². The van der Waals surface area contributed by atoms with Gasteiger partial charge in [-0.3, -0.25) is 9.59 Å². The fourth-order valence-electron chi connectivity index (χ4n) is 4.01. The summed E-state index contributed by atoms with van der Waals surface area (Å²) < 4.78 is 5.58. The molecule has 2 heterocycles. The van der Waals surface area contributed by atoms with Crippen LogP contribution in [-0.4, -0.2) is 15.9 Å². The van der Waals surface area contributed by atoms with E-state index in [-0.39, 0.29) is 23.9 Å². The number of carbonyl (C=O) groups is 1. The van der Waals surface area contributed by atoms with Crippen LogP contribution in [0.15, 0.2) is 35.1 Å². The van der Waals surface area contributed by atoms with Gasteiger partial charge in [0.15, 0.2) is 11.9 Å². The number of aryl methyl sites for hydroxylation is 1. The molecular weight excluding hydrogens is 384 g/mol. The van der Waals surface area contributed by atoms with Gasteiger partial charge >= 0.3 is 5.97 Å². The summed E-state index contributed by atoms with van der Waals surface area (Å²) in [5.41, 5.74) is 2.13. The molecule has 0 amide bonds. The first-order valence-electron chi connectivity index (χ1n) is 10.2. The van der Waals surface area contributed by atoms with E-state index in [2.05, 4.69) is 16.9 Å². The van der Waals surface area contributed by atoms with Gasteiger partial charge in [-0.25, -0.2) is 4.98 Å². The van der Waals surface area contributed by atoms with E-state index in [9.17, 15) is 9.59 Å². The number of nitrogens with one attached hydrogen (secondary N) is 1. The number of H-pyrrole nitrogens is 1. The van der Waals surface area contributed by atoms with E-state index in [1.165, 1.54) is 4.88 Å². The number of hydrogen-bond donors (Lipinski definition) is 1.